The third-order valence-electron chi connectivity index (χ3n) is 2.98. The molecule has 0 unspecified atom stereocenters. The van der Waals surface area contributed by atoms with Crippen LogP contribution in [-0.2, 0) is 14.4 Å². The Kier molecular flexibility index (Phi) is 3.35. The molecule has 0 atom stereocenters. The van der Waals surface area contributed by atoms with Gasteiger partial charge in [-0.15, -0.1) is 0 Å². The molecule has 0 radical (unpaired) electrons. The van der Waals surface area contributed by atoms with E-state index in [0.717, 1.165) is 0 Å². The van der Waals surface area contributed by atoms with Crippen molar-refractivity contribution in [1.29, 1.82) is 0 Å². The molecule has 0 aliphatic heterocycles. The quantitative estimate of drug-likeness (QED) is 0.694. The summed E-state index contributed by atoms with van der Waals surface area (Å²) < 4.78 is 0. The summed E-state index contributed by atoms with van der Waals surface area (Å²) in [6.45, 7) is 1.71. The summed E-state index contributed by atoms with van der Waals surface area (Å²) in [6, 6.07) is 0. The molecule has 18 heavy (non-hydrogen) atoms. The van der Waals surface area contributed by atoms with Crippen LogP contribution in [0, 0.1) is 0 Å². The highest BCUT2D eigenvalue weighted by atomic mass is 16.1. The lowest BCUT2D eigenvalue weighted by atomic mass is 9.91. The monoisotopic (exact) mass is 240 g/mol. The number of carbonyl (C=O) groups excluding carboxylic acids is 3. The molecular weight excluding hydrogens is 228 g/mol. The fourth-order valence-electron chi connectivity index (χ4n) is 1.85. The number of hydrogen-bond acceptors (Lipinski definition) is 3. The van der Waals surface area contributed by atoms with Crippen LogP contribution < -0.4 is 0 Å². The summed E-state index contributed by atoms with van der Waals surface area (Å²) in [6.07, 6.45) is 8.90. The molecule has 0 heterocycles. The van der Waals surface area contributed by atoms with Gasteiger partial charge < -0.3 is 0 Å². The smallest absolute Gasteiger partial charge is 0.192 e. The van der Waals surface area contributed by atoms with Crippen molar-refractivity contribution < 1.29 is 14.4 Å². The molecule has 2 aliphatic rings. The molecule has 0 aromatic carbocycles. The number of carbonyl (C=O) groups is 2. The van der Waals surface area contributed by atoms with E-state index < -0.39 is 0 Å². The fraction of sp³-hybridized carbons (Fsp3) is 0.200. The van der Waals surface area contributed by atoms with E-state index in [2.05, 4.69) is 0 Å². The highest BCUT2D eigenvalue weighted by Gasteiger charge is 2.18. The maximum Gasteiger partial charge on any atom is 0.192 e. The first-order valence-electron chi connectivity index (χ1n) is 5.70. The van der Waals surface area contributed by atoms with Crippen molar-refractivity contribution in [2.75, 3.05) is 0 Å². The standard InChI is InChI=1S/C15H12O3/c1-10-8-13(6-7-14(10)17)15(18)12-4-2-11(9-16)3-5-12/h2,4-6,8H,3,7H2,1H3. The molecule has 0 aromatic rings. The maximum absolute atomic E-state index is 12.1. The van der Waals surface area contributed by atoms with E-state index in [0.29, 0.717) is 28.7 Å². The Morgan fingerprint density at radius 1 is 1.17 bits per heavy atom. The van der Waals surface area contributed by atoms with Crippen molar-refractivity contribution in [1.82, 2.24) is 0 Å². The molecule has 2 aliphatic carbocycles. The van der Waals surface area contributed by atoms with Crippen LogP contribution in [0.25, 0.3) is 0 Å². The van der Waals surface area contributed by atoms with Crippen LogP contribution in [0.3, 0.4) is 0 Å². The fourth-order valence-corrected chi connectivity index (χ4v) is 1.85. The first-order valence-corrected chi connectivity index (χ1v) is 5.70. The topological polar surface area (TPSA) is 51.2 Å². The van der Waals surface area contributed by atoms with Gasteiger partial charge in [0, 0.05) is 29.6 Å². The Hall–Kier alpha value is -2.25. The Bertz CT molecular complexity index is 591. The van der Waals surface area contributed by atoms with Crippen LogP contribution in [0.15, 0.2) is 52.7 Å². The molecule has 0 saturated heterocycles. The lowest BCUT2D eigenvalue weighted by Crippen LogP contribution is -2.11. The zero-order valence-electron chi connectivity index (χ0n) is 10.0. The van der Waals surface area contributed by atoms with Crippen LogP contribution in [0.4, 0.5) is 0 Å². The molecule has 0 bridgehead atoms. The van der Waals surface area contributed by atoms with Crippen LogP contribution in [0.2, 0.25) is 0 Å². The average molecular weight is 240 g/mol. The molecule has 0 aromatic heterocycles. The minimum atomic E-state index is -0.108. The van der Waals surface area contributed by atoms with E-state index in [9.17, 15) is 14.4 Å². The van der Waals surface area contributed by atoms with Crippen molar-refractivity contribution >= 4 is 17.5 Å². The summed E-state index contributed by atoms with van der Waals surface area (Å²) in [7, 11) is 0. The number of hydrogen-bond donors (Lipinski definition) is 0. The largest absolute Gasteiger partial charge is 0.294 e. The summed E-state index contributed by atoms with van der Waals surface area (Å²) in [5.41, 5.74) is 2.24. The van der Waals surface area contributed by atoms with Gasteiger partial charge in [0.2, 0.25) is 0 Å². The molecule has 0 amide bonds. The third-order valence-corrected chi connectivity index (χ3v) is 2.98. The van der Waals surface area contributed by atoms with Crippen molar-refractivity contribution in [3.05, 3.63) is 52.7 Å². The summed E-state index contributed by atoms with van der Waals surface area (Å²) in [4.78, 5) is 33.9. The molecule has 90 valence electrons. The van der Waals surface area contributed by atoms with Gasteiger partial charge in [0.1, 0.15) is 5.94 Å². The molecule has 0 saturated carbocycles. The van der Waals surface area contributed by atoms with Gasteiger partial charge in [0.25, 0.3) is 0 Å². The molecule has 3 nitrogen and oxygen atoms in total. The molecule has 0 fully saturated rings. The van der Waals surface area contributed by atoms with Gasteiger partial charge in [-0.05, 0) is 24.6 Å². The minimum absolute atomic E-state index is 0.0471. The van der Waals surface area contributed by atoms with Crippen LogP contribution in [-0.4, -0.2) is 17.5 Å². The normalized spacial score (nSPS) is 18.8. The van der Waals surface area contributed by atoms with Crippen LogP contribution in [0.5, 0.6) is 0 Å². The highest BCUT2D eigenvalue weighted by molar-refractivity contribution is 6.14. The lowest BCUT2D eigenvalue weighted by Gasteiger charge is -2.11. The predicted octanol–water partition coefficient (Wildman–Crippen LogP) is 2.05. The Labute approximate surface area is 105 Å². The second-order valence-corrected chi connectivity index (χ2v) is 4.27. The van der Waals surface area contributed by atoms with E-state index in [-0.39, 0.29) is 18.0 Å². The summed E-state index contributed by atoms with van der Waals surface area (Å²) >= 11 is 0. The first kappa shape index (κ1) is 12.2. The first-order chi connectivity index (χ1) is 8.61. The van der Waals surface area contributed by atoms with Gasteiger partial charge >= 0.3 is 0 Å². The average Bonchev–Trinajstić information content (AvgIpc) is 2.41. The Morgan fingerprint density at radius 3 is 2.44 bits per heavy atom. The summed E-state index contributed by atoms with van der Waals surface area (Å²) in [5.74, 6) is 1.75. The zero-order valence-corrected chi connectivity index (χ0v) is 10.0. The molecule has 0 spiro atoms. The molecule has 0 N–H and O–H groups in total. The molecule has 2 rings (SSSR count). The van der Waals surface area contributed by atoms with Crippen molar-refractivity contribution in [3.8, 4) is 0 Å². The van der Waals surface area contributed by atoms with E-state index >= 15 is 0 Å². The number of Topliss-reactive ketones (excluding diaryl/α,β-unsaturated/α-hetero) is 2. The Morgan fingerprint density at radius 2 is 1.89 bits per heavy atom. The van der Waals surface area contributed by atoms with E-state index in [1.54, 1.807) is 37.3 Å². The van der Waals surface area contributed by atoms with E-state index in [4.69, 9.17) is 0 Å². The van der Waals surface area contributed by atoms with Crippen LogP contribution >= 0.6 is 0 Å². The van der Waals surface area contributed by atoms with Gasteiger partial charge in [-0.3, -0.25) is 9.59 Å². The Balaban J connectivity index is 2.20. The predicted molar refractivity (Wildman–Crippen MR) is 67.5 cm³/mol. The highest BCUT2D eigenvalue weighted by Crippen LogP contribution is 2.21. The number of rotatable bonds is 2. The van der Waals surface area contributed by atoms with Gasteiger partial charge in [-0.2, -0.15) is 0 Å². The zero-order chi connectivity index (χ0) is 13.1. The second kappa shape index (κ2) is 4.94. The van der Waals surface area contributed by atoms with Gasteiger partial charge in [-0.1, -0.05) is 18.2 Å². The van der Waals surface area contributed by atoms with Gasteiger partial charge in [0.05, 0.1) is 0 Å². The van der Waals surface area contributed by atoms with Crippen molar-refractivity contribution in [3.63, 3.8) is 0 Å². The lowest BCUT2D eigenvalue weighted by molar-refractivity contribution is -0.114. The number of ketones is 2. The molecule has 3 heteroatoms. The third kappa shape index (κ3) is 2.36. The van der Waals surface area contributed by atoms with E-state index in [1.807, 2.05) is 5.94 Å². The molecular formula is C15H12O3. The van der Waals surface area contributed by atoms with Gasteiger partial charge in [0.15, 0.2) is 11.6 Å². The van der Waals surface area contributed by atoms with Crippen molar-refractivity contribution in [2.24, 2.45) is 0 Å². The van der Waals surface area contributed by atoms with Crippen LogP contribution in [0.1, 0.15) is 19.8 Å². The van der Waals surface area contributed by atoms with Gasteiger partial charge in [-0.25, -0.2) is 4.79 Å². The van der Waals surface area contributed by atoms with Crippen molar-refractivity contribution in [2.45, 2.75) is 19.8 Å². The number of allylic oxidation sites excluding steroid dienone is 9. The minimum Gasteiger partial charge on any atom is -0.294 e. The van der Waals surface area contributed by atoms with E-state index in [1.165, 1.54) is 0 Å². The summed E-state index contributed by atoms with van der Waals surface area (Å²) in [5, 5.41) is 0. The maximum atomic E-state index is 12.1. The SMILES string of the molecule is CC1=CC(C(=O)C2=CCC(=C=O)C=C2)=CCC1=O. The second-order valence-electron chi connectivity index (χ2n) is 4.27.